The van der Waals surface area contributed by atoms with Crippen molar-refractivity contribution < 1.29 is 21.5 Å². The quantitative estimate of drug-likeness (QED) is 0.0538. The van der Waals surface area contributed by atoms with Crippen molar-refractivity contribution in [3.63, 3.8) is 0 Å². The topological polar surface area (TPSA) is 16.8 Å². The standard InChI is InChI=1S/C35H58BrN2.2BrH/c36-28-20-16-12-8-4-2-1-3-6-11-15-19-25-35-27-23-31-38(33-35)30-21-17-13-9-5-7-10-14-18-24-34-26-22-29-37-32-34;;/h22-23,26-27,29,31-33H,1-21,24-25,28,30H2;2*1H/q+1;;/p-1. The molecule has 40 heavy (non-hydrogen) atoms. The van der Waals surface area contributed by atoms with Gasteiger partial charge in [-0.25, -0.2) is 4.57 Å². The monoisotopic (exact) mass is 744 g/mol. The van der Waals surface area contributed by atoms with E-state index in [4.69, 9.17) is 0 Å². The molecule has 5 heteroatoms. The summed E-state index contributed by atoms with van der Waals surface area (Å²) in [6.07, 6.45) is 40.3. The molecule has 0 unspecified atom stereocenters. The van der Waals surface area contributed by atoms with Crippen LogP contribution in [0.2, 0.25) is 0 Å². The maximum absolute atomic E-state index is 4.21. The van der Waals surface area contributed by atoms with Gasteiger partial charge in [0.05, 0.1) is 0 Å². The van der Waals surface area contributed by atoms with E-state index < -0.39 is 0 Å². The number of rotatable bonds is 26. The highest BCUT2D eigenvalue weighted by Gasteiger charge is 2.03. The van der Waals surface area contributed by atoms with Gasteiger partial charge in [-0.05, 0) is 56.2 Å². The van der Waals surface area contributed by atoms with Gasteiger partial charge in [0, 0.05) is 35.8 Å². The van der Waals surface area contributed by atoms with Gasteiger partial charge in [-0.1, -0.05) is 125 Å². The van der Waals surface area contributed by atoms with Crippen LogP contribution in [0.15, 0.2) is 49.1 Å². The Morgan fingerprint density at radius 1 is 0.550 bits per heavy atom. The van der Waals surface area contributed by atoms with Crippen LogP contribution in [0.1, 0.15) is 146 Å². The lowest BCUT2D eigenvalue weighted by Gasteiger charge is -2.04. The van der Waals surface area contributed by atoms with Crippen LogP contribution in [-0.4, -0.2) is 10.3 Å². The Kier molecular flexibility index (Phi) is 30.0. The number of halogens is 3. The summed E-state index contributed by atoms with van der Waals surface area (Å²) < 4.78 is 2.43. The fourth-order valence-electron chi connectivity index (χ4n) is 5.46. The number of hydrogen-bond acceptors (Lipinski definition) is 1. The van der Waals surface area contributed by atoms with Crippen LogP contribution < -0.4 is 21.5 Å². The highest BCUT2D eigenvalue weighted by atomic mass is 79.9. The molecule has 0 aliphatic heterocycles. The van der Waals surface area contributed by atoms with Crippen LogP contribution in [0.4, 0.5) is 0 Å². The summed E-state index contributed by atoms with van der Waals surface area (Å²) >= 11 is 3.52. The van der Waals surface area contributed by atoms with Gasteiger partial charge in [-0.3, -0.25) is 4.98 Å². The van der Waals surface area contributed by atoms with Crippen LogP contribution in [0, 0.1) is 0 Å². The molecule has 0 aliphatic carbocycles. The molecule has 0 amide bonds. The number of nitrogens with zero attached hydrogens (tertiary/aromatic N) is 2. The minimum Gasteiger partial charge on any atom is -1.00 e. The summed E-state index contributed by atoms with van der Waals surface area (Å²) in [5, 5.41) is 1.17. The Hall–Kier alpha value is -0.260. The second-order valence-corrected chi connectivity index (χ2v) is 12.2. The van der Waals surface area contributed by atoms with Crippen molar-refractivity contribution in [1.82, 2.24) is 4.98 Å². The van der Waals surface area contributed by atoms with Crippen LogP contribution in [-0.2, 0) is 19.4 Å². The fourth-order valence-corrected chi connectivity index (χ4v) is 5.86. The molecular weight excluding hydrogens is 688 g/mol. The molecule has 0 atom stereocenters. The minimum absolute atomic E-state index is 0. The lowest BCUT2D eigenvalue weighted by molar-refractivity contribution is -0.697. The predicted molar refractivity (Wildman–Crippen MR) is 179 cm³/mol. The smallest absolute Gasteiger partial charge is 0.171 e. The average Bonchev–Trinajstić information content (AvgIpc) is 2.95. The van der Waals surface area contributed by atoms with Gasteiger partial charge in [0.1, 0.15) is 6.54 Å². The van der Waals surface area contributed by atoms with E-state index in [1.807, 2.05) is 18.5 Å². The van der Waals surface area contributed by atoms with Crippen molar-refractivity contribution in [3.05, 3.63) is 60.2 Å². The van der Waals surface area contributed by atoms with E-state index in [1.165, 1.54) is 171 Å². The maximum Gasteiger partial charge on any atom is 0.171 e. The summed E-state index contributed by atoms with van der Waals surface area (Å²) in [6.45, 7) is 1.18. The largest absolute Gasteiger partial charge is 1.00 e. The molecule has 230 valence electrons. The third kappa shape index (κ3) is 23.3. The van der Waals surface area contributed by atoms with Crippen molar-refractivity contribution in [2.75, 3.05) is 5.33 Å². The molecule has 2 aromatic rings. The number of unbranched alkanes of at least 4 members (excludes halogenated alkanes) is 19. The molecule has 0 spiro atoms. The van der Waals surface area contributed by atoms with E-state index in [2.05, 4.69) is 56.1 Å². The van der Waals surface area contributed by atoms with Crippen LogP contribution >= 0.6 is 32.9 Å². The van der Waals surface area contributed by atoms with Crippen molar-refractivity contribution in [2.24, 2.45) is 0 Å². The summed E-state index contributed by atoms with van der Waals surface area (Å²) in [7, 11) is 0. The third-order valence-electron chi connectivity index (χ3n) is 7.87. The van der Waals surface area contributed by atoms with Gasteiger partial charge in [-0.2, -0.15) is 0 Å². The summed E-state index contributed by atoms with van der Waals surface area (Å²) in [4.78, 5) is 4.21. The first-order valence-corrected chi connectivity index (χ1v) is 17.4. The molecule has 2 rings (SSSR count). The summed E-state index contributed by atoms with van der Waals surface area (Å²) in [5.41, 5.74) is 2.91. The number of aryl methyl sites for hydroxylation is 3. The number of aromatic nitrogens is 2. The molecular formula is C35H59Br3N2. The number of hydrogen-bond donors (Lipinski definition) is 0. The highest BCUT2D eigenvalue weighted by molar-refractivity contribution is 9.09. The zero-order chi connectivity index (χ0) is 26.8. The normalized spacial score (nSPS) is 10.7. The van der Waals surface area contributed by atoms with Gasteiger partial charge < -0.3 is 17.0 Å². The lowest BCUT2D eigenvalue weighted by Crippen LogP contribution is -3.00. The first kappa shape index (κ1) is 39.7. The Morgan fingerprint density at radius 2 is 1.00 bits per heavy atom. The maximum atomic E-state index is 4.21. The van der Waals surface area contributed by atoms with Gasteiger partial charge >= 0.3 is 0 Å². The molecule has 2 nitrogen and oxygen atoms in total. The average molecular weight is 748 g/mol. The molecule has 0 saturated carbocycles. The molecule has 2 aromatic heterocycles. The SMILES string of the molecule is Br.BrCCCCCCCCCCCCCCc1ccc[n+](CCCCCCCCCCCc2cccnc2)c1.[Br-]. The second-order valence-electron chi connectivity index (χ2n) is 11.4. The van der Waals surface area contributed by atoms with E-state index in [0.717, 1.165) is 0 Å². The predicted octanol–water partition coefficient (Wildman–Crippen LogP) is 8.32. The highest BCUT2D eigenvalue weighted by Crippen LogP contribution is 2.14. The second kappa shape index (κ2) is 30.2. The van der Waals surface area contributed by atoms with E-state index >= 15 is 0 Å². The molecule has 0 aromatic carbocycles. The van der Waals surface area contributed by atoms with Crippen LogP contribution in [0.25, 0.3) is 0 Å². The Morgan fingerprint density at radius 3 is 1.50 bits per heavy atom. The van der Waals surface area contributed by atoms with Gasteiger partial charge in [0.25, 0.3) is 0 Å². The van der Waals surface area contributed by atoms with Crippen LogP contribution in [0.3, 0.4) is 0 Å². The zero-order valence-electron chi connectivity index (χ0n) is 25.4. The van der Waals surface area contributed by atoms with Crippen molar-refractivity contribution in [2.45, 2.75) is 154 Å². The molecule has 0 bridgehead atoms. The first-order chi connectivity index (χ1) is 18.9. The Bertz CT molecular complexity index is 772. The first-order valence-electron chi connectivity index (χ1n) is 16.3. The zero-order valence-corrected chi connectivity index (χ0v) is 30.2. The molecule has 2 heterocycles. The van der Waals surface area contributed by atoms with E-state index in [9.17, 15) is 0 Å². The van der Waals surface area contributed by atoms with Gasteiger partial charge in [-0.15, -0.1) is 17.0 Å². The third-order valence-corrected chi connectivity index (χ3v) is 8.43. The molecule has 0 fully saturated rings. The van der Waals surface area contributed by atoms with E-state index in [0.29, 0.717) is 0 Å². The molecule has 0 radical (unpaired) electrons. The molecule has 0 saturated heterocycles. The number of alkyl halides is 1. The van der Waals surface area contributed by atoms with Crippen molar-refractivity contribution >= 4 is 32.9 Å². The van der Waals surface area contributed by atoms with Gasteiger partial charge in [0.15, 0.2) is 12.4 Å². The minimum atomic E-state index is 0. The molecule has 0 N–H and O–H groups in total. The van der Waals surface area contributed by atoms with E-state index in [-0.39, 0.29) is 34.0 Å². The Labute approximate surface area is 277 Å². The van der Waals surface area contributed by atoms with Gasteiger partial charge in [0.2, 0.25) is 0 Å². The van der Waals surface area contributed by atoms with Crippen LogP contribution in [0.5, 0.6) is 0 Å². The van der Waals surface area contributed by atoms with Crippen molar-refractivity contribution in [1.29, 1.82) is 0 Å². The van der Waals surface area contributed by atoms with Crippen molar-refractivity contribution in [3.8, 4) is 0 Å². The molecule has 0 aliphatic rings. The Balaban J connectivity index is 0.00000760. The lowest BCUT2D eigenvalue weighted by atomic mass is 10.0. The number of pyridine rings is 2. The fraction of sp³-hybridized carbons (Fsp3) is 0.714. The van der Waals surface area contributed by atoms with E-state index in [1.54, 1.807) is 0 Å². The summed E-state index contributed by atoms with van der Waals surface area (Å²) in [5.74, 6) is 0. The summed E-state index contributed by atoms with van der Waals surface area (Å²) in [6, 6.07) is 8.82.